The van der Waals surface area contributed by atoms with E-state index >= 15 is 0 Å². The molecule has 0 spiro atoms. The summed E-state index contributed by atoms with van der Waals surface area (Å²) in [6.07, 6.45) is 1.77. The van der Waals surface area contributed by atoms with Crippen LogP contribution in [0.25, 0.3) is 0 Å². The fourth-order valence-electron chi connectivity index (χ4n) is 2.47. The Morgan fingerprint density at radius 3 is 2.73 bits per heavy atom. The minimum absolute atomic E-state index is 0.0498. The van der Waals surface area contributed by atoms with Gasteiger partial charge in [-0.25, -0.2) is 8.42 Å². The first-order valence-electron chi connectivity index (χ1n) is 7.61. The van der Waals surface area contributed by atoms with Gasteiger partial charge in [0.05, 0.1) is 11.4 Å². The van der Waals surface area contributed by atoms with Gasteiger partial charge in [-0.15, -0.1) is 0 Å². The molecule has 0 saturated heterocycles. The van der Waals surface area contributed by atoms with E-state index in [0.29, 0.717) is 19.0 Å². The van der Waals surface area contributed by atoms with Crippen molar-refractivity contribution in [2.75, 3.05) is 36.7 Å². The largest absolute Gasteiger partial charge is 0.356 e. The maximum Gasteiger partial charge on any atom is 0.236 e. The van der Waals surface area contributed by atoms with E-state index in [1.807, 2.05) is 24.3 Å². The molecule has 2 rings (SSSR count). The van der Waals surface area contributed by atoms with Gasteiger partial charge >= 0.3 is 0 Å². The minimum Gasteiger partial charge on any atom is -0.356 e. The number of sulfonamides is 1. The Morgan fingerprint density at radius 1 is 1.27 bits per heavy atom. The lowest BCUT2D eigenvalue weighted by atomic mass is 10.2. The second kappa shape index (κ2) is 7.49. The van der Waals surface area contributed by atoms with Crippen molar-refractivity contribution in [1.82, 2.24) is 10.6 Å². The minimum atomic E-state index is -3.31. The number of hydrogen-bond acceptors (Lipinski definition) is 3. The van der Waals surface area contributed by atoms with Crippen molar-refractivity contribution in [1.29, 1.82) is 0 Å². The van der Waals surface area contributed by atoms with Crippen LogP contribution in [0.3, 0.4) is 0 Å². The molecule has 122 valence electrons. The third-order valence-corrected chi connectivity index (χ3v) is 5.37. The molecule has 0 fully saturated rings. The average Bonchev–Trinajstić information content (AvgIpc) is 2.95. The number of rotatable bonds is 6. The van der Waals surface area contributed by atoms with Crippen molar-refractivity contribution in [2.24, 2.45) is 4.99 Å². The Hall–Kier alpha value is -1.76. The number of aliphatic imine (C=N–C) groups is 1. The van der Waals surface area contributed by atoms with Gasteiger partial charge in [-0.05, 0) is 24.5 Å². The standard InChI is InChI=1S/C15H24N4O2S/c1-3-9-17-15(16-2)18-10-12-22(20,21)19-11-8-13-6-4-5-7-14(13)19/h4-7H,3,8-12H2,1-2H3,(H2,16,17,18). The van der Waals surface area contributed by atoms with E-state index in [1.54, 1.807) is 7.05 Å². The predicted octanol–water partition coefficient (Wildman–Crippen LogP) is 0.954. The van der Waals surface area contributed by atoms with E-state index < -0.39 is 10.0 Å². The number of nitrogens with zero attached hydrogens (tertiary/aromatic N) is 2. The first-order chi connectivity index (χ1) is 10.6. The van der Waals surface area contributed by atoms with Crippen molar-refractivity contribution in [3.05, 3.63) is 29.8 Å². The Morgan fingerprint density at radius 2 is 2.00 bits per heavy atom. The number of nitrogens with one attached hydrogen (secondary N) is 2. The first kappa shape index (κ1) is 16.6. The van der Waals surface area contributed by atoms with Crippen LogP contribution in [-0.4, -0.2) is 46.8 Å². The molecule has 0 atom stereocenters. The van der Waals surface area contributed by atoms with Crippen LogP contribution in [0.15, 0.2) is 29.3 Å². The highest BCUT2D eigenvalue weighted by molar-refractivity contribution is 7.92. The van der Waals surface area contributed by atoms with Gasteiger partial charge in [0.1, 0.15) is 0 Å². The SMILES string of the molecule is CCCNC(=NC)NCCS(=O)(=O)N1CCc2ccccc21. The van der Waals surface area contributed by atoms with Gasteiger partial charge in [-0.2, -0.15) is 0 Å². The normalized spacial score (nSPS) is 14.8. The van der Waals surface area contributed by atoms with Crippen LogP contribution in [0, 0.1) is 0 Å². The van der Waals surface area contributed by atoms with Crippen LogP contribution in [0.5, 0.6) is 0 Å². The summed E-state index contributed by atoms with van der Waals surface area (Å²) in [5.74, 6) is 0.688. The van der Waals surface area contributed by atoms with Crippen LogP contribution in [0.2, 0.25) is 0 Å². The highest BCUT2D eigenvalue weighted by Crippen LogP contribution is 2.29. The number of para-hydroxylation sites is 1. The monoisotopic (exact) mass is 324 g/mol. The average molecular weight is 324 g/mol. The summed E-state index contributed by atoms with van der Waals surface area (Å²) in [6, 6.07) is 7.68. The Balaban J connectivity index is 1.93. The van der Waals surface area contributed by atoms with Crippen molar-refractivity contribution in [3.63, 3.8) is 0 Å². The lowest BCUT2D eigenvalue weighted by Gasteiger charge is -2.20. The van der Waals surface area contributed by atoms with Gasteiger partial charge in [0.25, 0.3) is 0 Å². The zero-order valence-corrected chi connectivity index (χ0v) is 14.0. The molecule has 2 N–H and O–H groups in total. The van der Waals surface area contributed by atoms with Gasteiger partial charge in [0.2, 0.25) is 10.0 Å². The summed E-state index contributed by atoms with van der Waals surface area (Å²) in [7, 11) is -1.63. The number of guanidine groups is 1. The smallest absolute Gasteiger partial charge is 0.236 e. The number of hydrogen-bond donors (Lipinski definition) is 2. The topological polar surface area (TPSA) is 73.8 Å². The van der Waals surface area contributed by atoms with E-state index in [2.05, 4.69) is 22.5 Å². The molecule has 1 aliphatic heterocycles. The summed E-state index contributed by atoms with van der Waals surface area (Å²) in [6.45, 7) is 3.75. The third kappa shape index (κ3) is 3.91. The maximum absolute atomic E-state index is 12.5. The first-order valence-corrected chi connectivity index (χ1v) is 9.22. The van der Waals surface area contributed by atoms with Crippen molar-refractivity contribution in [3.8, 4) is 0 Å². The van der Waals surface area contributed by atoms with Gasteiger partial charge < -0.3 is 10.6 Å². The summed E-state index contributed by atoms with van der Waals surface area (Å²) in [4.78, 5) is 4.06. The summed E-state index contributed by atoms with van der Waals surface area (Å²) < 4.78 is 26.5. The molecule has 0 aromatic heterocycles. The molecule has 0 saturated carbocycles. The van der Waals surface area contributed by atoms with Crippen LogP contribution in [0.1, 0.15) is 18.9 Å². The summed E-state index contributed by atoms with van der Waals surface area (Å²) in [5.41, 5.74) is 1.91. The Kier molecular flexibility index (Phi) is 5.65. The van der Waals surface area contributed by atoms with Gasteiger partial charge in [-0.1, -0.05) is 25.1 Å². The molecule has 0 aliphatic carbocycles. The Bertz CT molecular complexity index is 628. The lowest BCUT2D eigenvalue weighted by Crippen LogP contribution is -2.42. The van der Waals surface area contributed by atoms with E-state index in [4.69, 9.17) is 0 Å². The quantitative estimate of drug-likeness (QED) is 0.604. The number of fused-ring (bicyclic) bond motifs is 1. The van der Waals surface area contributed by atoms with Crippen LogP contribution in [0.4, 0.5) is 5.69 Å². The zero-order chi connectivity index (χ0) is 16.0. The molecule has 6 nitrogen and oxygen atoms in total. The molecule has 7 heteroatoms. The highest BCUT2D eigenvalue weighted by atomic mass is 32.2. The van der Waals surface area contributed by atoms with E-state index in [0.717, 1.165) is 30.6 Å². The summed E-state index contributed by atoms with van der Waals surface area (Å²) in [5, 5.41) is 6.16. The molecule has 1 heterocycles. The molecule has 1 aromatic rings. The van der Waals surface area contributed by atoms with Crippen LogP contribution in [-0.2, 0) is 16.4 Å². The number of anilines is 1. The van der Waals surface area contributed by atoms with Crippen molar-refractivity contribution < 1.29 is 8.42 Å². The van der Waals surface area contributed by atoms with Gasteiger partial charge in [0, 0.05) is 26.7 Å². The molecule has 0 radical (unpaired) electrons. The molecule has 1 aromatic carbocycles. The van der Waals surface area contributed by atoms with E-state index in [-0.39, 0.29) is 5.75 Å². The lowest BCUT2D eigenvalue weighted by molar-refractivity contribution is 0.591. The van der Waals surface area contributed by atoms with Gasteiger partial charge in [0.15, 0.2) is 5.96 Å². The van der Waals surface area contributed by atoms with Gasteiger partial charge in [-0.3, -0.25) is 9.30 Å². The van der Waals surface area contributed by atoms with Crippen LogP contribution < -0.4 is 14.9 Å². The van der Waals surface area contributed by atoms with Crippen LogP contribution >= 0.6 is 0 Å². The molecule has 22 heavy (non-hydrogen) atoms. The number of benzene rings is 1. The predicted molar refractivity (Wildman–Crippen MR) is 90.9 cm³/mol. The van der Waals surface area contributed by atoms with E-state index in [1.165, 1.54) is 4.31 Å². The maximum atomic E-state index is 12.5. The van der Waals surface area contributed by atoms with E-state index in [9.17, 15) is 8.42 Å². The molecular weight excluding hydrogens is 300 g/mol. The highest BCUT2D eigenvalue weighted by Gasteiger charge is 2.28. The van der Waals surface area contributed by atoms with Crippen molar-refractivity contribution >= 4 is 21.7 Å². The molecule has 1 aliphatic rings. The fraction of sp³-hybridized carbons (Fsp3) is 0.533. The second-order valence-corrected chi connectivity index (χ2v) is 7.21. The van der Waals surface area contributed by atoms with Crippen molar-refractivity contribution in [2.45, 2.75) is 19.8 Å². The summed E-state index contributed by atoms with van der Waals surface area (Å²) >= 11 is 0. The zero-order valence-electron chi connectivity index (χ0n) is 13.2. The molecule has 0 bridgehead atoms. The molecule has 0 amide bonds. The third-order valence-electron chi connectivity index (χ3n) is 3.60. The molecule has 0 unspecified atom stereocenters. The second-order valence-electron chi connectivity index (χ2n) is 5.19. The fourth-order valence-corrected chi connectivity index (χ4v) is 3.90. The Labute approximate surface area is 132 Å². The molecular formula is C15H24N4O2S.